The summed E-state index contributed by atoms with van der Waals surface area (Å²) < 4.78 is 46.9. The Balaban J connectivity index is 4.09. The molecule has 0 saturated heterocycles. The molecular formula is C13H28O4S2. The average molecular weight is 312 g/mol. The molecule has 0 aromatic carbocycles. The van der Waals surface area contributed by atoms with Crippen LogP contribution in [0.4, 0.5) is 0 Å². The molecule has 6 heteroatoms. The van der Waals surface area contributed by atoms with E-state index in [1.807, 2.05) is 0 Å². The van der Waals surface area contributed by atoms with Gasteiger partial charge in [-0.05, 0) is 12.8 Å². The van der Waals surface area contributed by atoms with E-state index in [9.17, 15) is 16.8 Å². The molecule has 0 aliphatic carbocycles. The van der Waals surface area contributed by atoms with Crippen LogP contribution in [-0.2, 0) is 19.7 Å². The summed E-state index contributed by atoms with van der Waals surface area (Å²) in [5.41, 5.74) is 0. The molecule has 0 aliphatic heterocycles. The Morgan fingerprint density at radius 2 is 0.947 bits per heavy atom. The molecule has 0 bridgehead atoms. The first-order valence-corrected chi connectivity index (χ1v) is 10.9. The highest BCUT2D eigenvalue weighted by Crippen LogP contribution is 2.08. The molecule has 0 saturated carbocycles. The highest BCUT2D eigenvalue weighted by molar-refractivity contribution is 8.08. The first-order valence-electron chi connectivity index (χ1n) is 7.24. The number of hydrogen-bond donors (Lipinski definition) is 0. The smallest absolute Gasteiger partial charge is 0.164 e. The summed E-state index contributed by atoms with van der Waals surface area (Å²) in [5.74, 6) is 0.00236. The SMILES string of the molecule is CCCCCCS(=O)(=O)CS(=O)(=O)CCCCCC. The molecule has 0 unspecified atom stereocenters. The highest BCUT2D eigenvalue weighted by Gasteiger charge is 2.21. The van der Waals surface area contributed by atoms with Gasteiger partial charge in [-0.3, -0.25) is 0 Å². The quantitative estimate of drug-likeness (QED) is 0.520. The van der Waals surface area contributed by atoms with Crippen molar-refractivity contribution in [2.75, 3.05) is 16.6 Å². The lowest BCUT2D eigenvalue weighted by Gasteiger charge is -2.06. The third-order valence-corrected chi connectivity index (χ3v) is 7.67. The fourth-order valence-corrected chi connectivity index (χ4v) is 6.31. The minimum Gasteiger partial charge on any atom is -0.228 e. The zero-order chi connectivity index (χ0) is 14.8. The number of sulfone groups is 2. The van der Waals surface area contributed by atoms with Crippen molar-refractivity contribution in [3.05, 3.63) is 0 Å². The van der Waals surface area contributed by atoms with Crippen LogP contribution in [0.15, 0.2) is 0 Å². The summed E-state index contributed by atoms with van der Waals surface area (Å²) in [5, 5.41) is -0.668. The van der Waals surface area contributed by atoms with Crippen LogP contribution < -0.4 is 0 Å². The van der Waals surface area contributed by atoms with Gasteiger partial charge in [0, 0.05) is 0 Å². The summed E-state index contributed by atoms with van der Waals surface area (Å²) in [7, 11) is -6.90. The number of unbranched alkanes of at least 4 members (excludes halogenated alkanes) is 6. The van der Waals surface area contributed by atoms with E-state index in [1.165, 1.54) is 0 Å². The van der Waals surface area contributed by atoms with Crippen molar-refractivity contribution in [1.82, 2.24) is 0 Å². The Morgan fingerprint density at radius 1 is 0.579 bits per heavy atom. The van der Waals surface area contributed by atoms with E-state index in [0.717, 1.165) is 38.5 Å². The van der Waals surface area contributed by atoms with Crippen molar-refractivity contribution in [3.63, 3.8) is 0 Å². The Bertz CT molecular complexity index is 370. The van der Waals surface area contributed by atoms with Gasteiger partial charge in [0.05, 0.1) is 11.5 Å². The molecule has 0 aromatic rings. The fraction of sp³-hybridized carbons (Fsp3) is 1.00. The van der Waals surface area contributed by atoms with Crippen molar-refractivity contribution < 1.29 is 16.8 Å². The van der Waals surface area contributed by atoms with Gasteiger partial charge in [0.25, 0.3) is 0 Å². The molecule has 0 amide bonds. The Kier molecular flexibility index (Phi) is 9.70. The van der Waals surface area contributed by atoms with Crippen molar-refractivity contribution >= 4 is 19.7 Å². The van der Waals surface area contributed by atoms with Gasteiger partial charge in [-0.15, -0.1) is 0 Å². The van der Waals surface area contributed by atoms with Crippen LogP contribution in [-0.4, -0.2) is 33.4 Å². The Hall–Kier alpha value is -0.100. The van der Waals surface area contributed by atoms with E-state index < -0.39 is 24.8 Å². The zero-order valence-electron chi connectivity index (χ0n) is 12.2. The third kappa shape index (κ3) is 11.4. The average Bonchev–Trinajstić information content (AvgIpc) is 2.29. The minimum absolute atomic E-state index is 0.00118. The first-order chi connectivity index (χ1) is 8.83. The van der Waals surface area contributed by atoms with Crippen molar-refractivity contribution in [1.29, 1.82) is 0 Å². The van der Waals surface area contributed by atoms with Gasteiger partial charge in [-0.25, -0.2) is 16.8 Å². The normalized spacial score (nSPS) is 12.7. The molecule has 0 aliphatic rings. The van der Waals surface area contributed by atoms with E-state index in [0.29, 0.717) is 12.8 Å². The molecule has 116 valence electrons. The van der Waals surface area contributed by atoms with Crippen LogP contribution in [0.2, 0.25) is 0 Å². The second-order valence-electron chi connectivity index (χ2n) is 5.13. The third-order valence-electron chi connectivity index (χ3n) is 2.98. The number of rotatable bonds is 12. The van der Waals surface area contributed by atoms with Gasteiger partial charge in [0.2, 0.25) is 0 Å². The first kappa shape index (κ1) is 18.9. The largest absolute Gasteiger partial charge is 0.228 e. The van der Waals surface area contributed by atoms with E-state index in [2.05, 4.69) is 13.8 Å². The summed E-state index contributed by atoms with van der Waals surface area (Å²) >= 11 is 0. The fourth-order valence-electron chi connectivity index (χ4n) is 1.89. The van der Waals surface area contributed by atoms with Crippen molar-refractivity contribution in [2.24, 2.45) is 0 Å². The highest BCUT2D eigenvalue weighted by atomic mass is 32.3. The van der Waals surface area contributed by atoms with Crippen LogP contribution in [0.1, 0.15) is 65.2 Å². The molecule has 0 atom stereocenters. The van der Waals surface area contributed by atoms with Gasteiger partial charge >= 0.3 is 0 Å². The molecule has 0 aromatic heterocycles. The molecule has 0 fully saturated rings. The van der Waals surface area contributed by atoms with Gasteiger partial charge in [0.15, 0.2) is 24.8 Å². The molecule has 0 radical (unpaired) electrons. The predicted octanol–water partition coefficient (Wildman–Crippen LogP) is 2.93. The molecular weight excluding hydrogens is 284 g/mol. The summed E-state index contributed by atoms with van der Waals surface area (Å²) in [6, 6.07) is 0. The summed E-state index contributed by atoms with van der Waals surface area (Å²) in [6.07, 6.45) is 6.92. The maximum Gasteiger partial charge on any atom is 0.164 e. The summed E-state index contributed by atoms with van der Waals surface area (Å²) in [6.45, 7) is 4.10. The van der Waals surface area contributed by atoms with Crippen molar-refractivity contribution in [3.8, 4) is 0 Å². The van der Waals surface area contributed by atoms with Crippen LogP contribution in [0, 0.1) is 0 Å². The lowest BCUT2D eigenvalue weighted by molar-refractivity contribution is 0.581. The Morgan fingerprint density at radius 3 is 1.26 bits per heavy atom. The lowest BCUT2D eigenvalue weighted by atomic mass is 10.2. The topological polar surface area (TPSA) is 68.3 Å². The maximum absolute atomic E-state index is 11.7. The van der Waals surface area contributed by atoms with Crippen molar-refractivity contribution in [2.45, 2.75) is 65.2 Å². The van der Waals surface area contributed by atoms with E-state index in [4.69, 9.17) is 0 Å². The zero-order valence-corrected chi connectivity index (χ0v) is 13.9. The monoisotopic (exact) mass is 312 g/mol. The lowest BCUT2D eigenvalue weighted by Crippen LogP contribution is -2.21. The van der Waals surface area contributed by atoms with Crippen LogP contribution in [0.3, 0.4) is 0 Å². The van der Waals surface area contributed by atoms with E-state index in [-0.39, 0.29) is 11.5 Å². The van der Waals surface area contributed by atoms with Crippen LogP contribution >= 0.6 is 0 Å². The van der Waals surface area contributed by atoms with Gasteiger partial charge in [-0.1, -0.05) is 52.4 Å². The van der Waals surface area contributed by atoms with Gasteiger partial charge in [-0.2, -0.15) is 0 Å². The number of hydrogen-bond acceptors (Lipinski definition) is 4. The van der Waals surface area contributed by atoms with Gasteiger partial charge < -0.3 is 0 Å². The van der Waals surface area contributed by atoms with Gasteiger partial charge in [0.1, 0.15) is 0 Å². The van der Waals surface area contributed by atoms with Crippen LogP contribution in [0.5, 0.6) is 0 Å². The molecule has 0 N–H and O–H groups in total. The second-order valence-corrected chi connectivity index (χ2v) is 9.87. The van der Waals surface area contributed by atoms with E-state index in [1.54, 1.807) is 0 Å². The molecule has 19 heavy (non-hydrogen) atoms. The molecule has 0 heterocycles. The molecule has 0 spiro atoms. The molecule has 0 rings (SSSR count). The van der Waals surface area contributed by atoms with E-state index >= 15 is 0 Å². The maximum atomic E-state index is 11.7. The van der Waals surface area contributed by atoms with Crippen LogP contribution in [0.25, 0.3) is 0 Å². The second kappa shape index (κ2) is 9.75. The predicted molar refractivity (Wildman–Crippen MR) is 80.7 cm³/mol. The molecule has 4 nitrogen and oxygen atoms in total. The standard InChI is InChI=1S/C13H28O4S2/c1-3-5-7-9-11-18(14,15)13-19(16,17)12-10-8-6-4-2/h3-13H2,1-2H3. The Labute approximate surface area is 118 Å². The summed E-state index contributed by atoms with van der Waals surface area (Å²) in [4.78, 5) is 0. The minimum atomic E-state index is -3.45.